The molecular formula is C114H96N6. The third-order valence-electron chi connectivity index (χ3n) is 23.6. The standard InChI is InChI=1S/C68H50N4.C46H46N2/c1-5-22-56(23-6-1)69(57-24-7-2-8-25-57)61-42-44-63(45-43-61)71(66-41-36-51-18-13-14-20-55(51)50-66)60-37-32-52(33-38-60)53-34-39-64(40-35-53)72(68-31-17-21-54-19-15-16-30-67(54)68)65-48-46-62(47-49-65)70(58-26-9-3-10-27-58)59-28-11-4-12-29-59;1-34-8-20-40(21-9-34)47(41-22-10-35(2)11-23-41)44-28-16-38(17-29-44)46(32-6-5-7-33-46)39-18-30-45(31-19-39)48(42-24-12-36(3)13-25-42)43-26-14-37(4)15-27-43/h1-50H;8-31H,5-7,32-33H2,1-4H3. The number of anilines is 18. The Balaban J connectivity index is 0.000000179. The smallest absolute Gasteiger partial charge is 0.0540 e. The molecule has 120 heavy (non-hydrogen) atoms. The van der Waals surface area contributed by atoms with Crippen molar-refractivity contribution in [3.05, 3.63) is 482 Å². The van der Waals surface area contributed by atoms with Crippen LogP contribution in [0.15, 0.2) is 449 Å². The largest absolute Gasteiger partial charge is 0.311 e. The molecule has 1 aliphatic rings. The van der Waals surface area contributed by atoms with Gasteiger partial charge in [-0.1, -0.05) is 278 Å². The molecule has 0 bridgehead atoms. The molecule has 582 valence electrons. The zero-order valence-corrected chi connectivity index (χ0v) is 68.4. The average molecular weight is 1550 g/mol. The van der Waals surface area contributed by atoms with Crippen molar-refractivity contribution >= 4 is 124 Å². The number of aryl methyl sites for hydroxylation is 4. The van der Waals surface area contributed by atoms with Gasteiger partial charge >= 0.3 is 0 Å². The Hall–Kier alpha value is -14.7. The SMILES string of the molecule is Cc1ccc(N(c2ccc(C)cc2)c2ccc(C3(c4ccc(N(c5ccc(C)cc5)c5ccc(C)cc5)cc4)CCCCC3)cc2)cc1.c1ccc(N(c2ccccc2)c2ccc(N(c3ccc(-c4ccc(N(c5ccc(N(c6ccccc6)c6ccccc6)cc5)c5cccc6ccccc56)cc4)cc3)c3ccc4ccccc4c3)cc2)cc1. The zero-order chi connectivity index (χ0) is 81.1. The van der Waals surface area contributed by atoms with Gasteiger partial charge in [-0.25, -0.2) is 0 Å². The fourth-order valence-corrected chi connectivity index (χ4v) is 17.3. The third kappa shape index (κ3) is 16.5. The first-order valence-electron chi connectivity index (χ1n) is 42.0. The van der Waals surface area contributed by atoms with Gasteiger partial charge in [0.05, 0.1) is 5.69 Å². The summed E-state index contributed by atoms with van der Waals surface area (Å²) in [7, 11) is 0. The van der Waals surface area contributed by atoms with Gasteiger partial charge in [0.2, 0.25) is 0 Å². The topological polar surface area (TPSA) is 19.4 Å². The van der Waals surface area contributed by atoms with Gasteiger partial charge in [0, 0.05) is 107 Å². The lowest BCUT2D eigenvalue weighted by atomic mass is 9.65. The minimum atomic E-state index is 0.00636. The second kappa shape index (κ2) is 35.0. The van der Waals surface area contributed by atoms with Crippen LogP contribution in [0.1, 0.15) is 65.5 Å². The maximum Gasteiger partial charge on any atom is 0.0540 e. The summed E-state index contributed by atoms with van der Waals surface area (Å²) in [6, 6.07) is 163. The molecule has 6 nitrogen and oxygen atoms in total. The summed E-state index contributed by atoms with van der Waals surface area (Å²) in [6.07, 6.45) is 6.15. The second-order valence-electron chi connectivity index (χ2n) is 31.6. The van der Waals surface area contributed by atoms with Crippen molar-refractivity contribution in [3.63, 3.8) is 0 Å². The highest BCUT2D eigenvalue weighted by atomic mass is 15.2. The Labute approximate surface area is 707 Å². The molecule has 0 aliphatic heterocycles. The van der Waals surface area contributed by atoms with E-state index in [0.29, 0.717) is 0 Å². The van der Waals surface area contributed by atoms with Crippen molar-refractivity contribution in [2.45, 2.75) is 65.2 Å². The zero-order valence-electron chi connectivity index (χ0n) is 68.4. The summed E-state index contributed by atoms with van der Waals surface area (Å²) >= 11 is 0. The van der Waals surface area contributed by atoms with Crippen LogP contribution in [0.25, 0.3) is 32.7 Å². The van der Waals surface area contributed by atoms with Gasteiger partial charge in [0.1, 0.15) is 0 Å². The van der Waals surface area contributed by atoms with Crippen LogP contribution in [0.5, 0.6) is 0 Å². The second-order valence-corrected chi connectivity index (χ2v) is 31.6. The van der Waals surface area contributed by atoms with Crippen LogP contribution in [0.2, 0.25) is 0 Å². The summed E-state index contributed by atoms with van der Waals surface area (Å²) in [6.45, 7) is 8.59. The van der Waals surface area contributed by atoms with E-state index in [-0.39, 0.29) is 5.41 Å². The fraction of sp³-hybridized carbons (Fsp3) is 0.0877. The number of nitrogens with zero attached hydrogens (tertiary/aromatic N) is 6. The van der Waals surface area contributed by atoms with Crippen molar-refractivity contribution in [3.8, 4) is 11.1 Å². The Morgan fingerprint density at radius 3 is 0.758 bits per heavy atom. The minimum Gasteiger partial charge on any atom is -0.311 e. The van der Waals surface area contributed by atoms with Gasteiger partial charge in [-0.3, -0.25) is 0 Å². The van der Waals surface area contributed by atoms with Gasteiger partial charge in [-0.2, -0.15) is 0 Å². The normalized spacial score (nSPS) is 12.2. The van der Waals surface area contributed by atoms with E-state index in [1.807, 2.05) is 0 Å². The van der Waals surface area contributed by atoms with Crippen LogP contribution < -0.4 is 29.4 Å². The van der Waals surface area contributed by atoms with E-state index < -0.39 is 0 Å². The first-order chi connectivity index (χ1) is 59.1. The molecule has 0 N–H and O–H groups in total. The van der Waals surface area contributed by atoms with Crippen LogP contribution in [-0.2, 0) is 5.41 Å². The first-order valence-corrected chi connectivity index (χ1v) is 42.0. The molecule has 0 amide bonds. The molecule has 0 atom stereocenters. The van der Waals surface area contributed by atoms with Gasteiger partial charge in [-0.05, 0) is 291 Å². The maximum atomic E-state index is 2.40. The fourth-order valence-electron chi connectivity index (χ4n) is 17.3. The predicted molar refractivity (Wildman–Crippen MR) is 511 cm³/mol. The summed E-state index contributed by atoms with van der Waals surface area (Å²) in [4.78, 5) is 14.1. The number of benzene rings is 18. The molecule has 1 fully saturated rings. The number of fused-ring (bicyclic) bond motifs is 2. The molecule has 0 radical (unpaired) electrons. The lowest BCUT2D eigenvalue weighted by molar-refractivity contribution is 0.346. The lowest BCUT2D eigenvalue weighted by Crippen LogP contribution is -2.30. The van der Waals surface area contributed by atoms with E-state index in [1.54, 1.807) is 0 Å². The van der Waals surface area contributed by atoms with E-state index in [0.717, 1.165) is 79.4 Å². The molecule has 19 rings (SSSR count). The summed E-state index contributed by atoms with van der Waals surface area (Å²) in [5, 5.41) is 4.80. The molecule has 6 heteroatoms. The first kappa shape index (κ1) is 76.6. The van der Waals surface area contributed by atoms with Gasteiger partial charge in [-0.15, -0.1) is 0 Å². The summed E-state index contributed by atoms with van der Waals surface area (Å²) in [5.74, 6) is 0. The van der Waals surface area contributed by atoms with E-state index in [2.05, 4.69) is 506 Å². The van der Waals surface area contributed by atoms with Crippen LogP contribution in [0.3, 0.4) is 0 Å². The average Bonchev–Trinajstić information content (AvgIpc) is 0.754. The van der Waals surface area contributed by atoms with Gasteiger partial charge in [0.25, 0.3) is 0 Å². The van der Waals surface area contributed by atoms with E-state index in [4.69, 9.17) is 0 Å². The highest BCUT2D eigenvalue weighted by Crippen LogP contribution is 2.50. The van der Waals surface area contributed by atoms with Gasteiger partial charge < -0.3 is 29.4 Å². The Kier molecular flexibility index (Phi) is 22.3. The number of hydrogen-bond donors (Lipinski definition) is 0. The molecule has 18 aromatic carbocycles. The Morgan fingerprint density at radius 2 is 0.417 bits per heavy atom. The van der Waals surface area contributed by atoms with Crippen molar-refractivity contribution in [2.75, 3.05) is 29.4 Å². The molecule has 18 aromatic rings. The molecule has 0 heterocycles. The van der Waals surface area contributed by atoms with Crippen molar-refractivity contribution in [1.29, 1.82) is 0 Å². The summed E-state index contributed by atoms with van der Waals surface area (Å²) < 4.78 is 0. The molecule has 0 saturated heterocycles. The quantitative estimate of drug-likeness (QED) is 0.0709. The third-order valence-corrected chi connectivity index (χ3v) is 23.6. The lowest BCUT2D eigenvalue weighted by Gasteiger charge is -2.39. The number of hydrogen-bond acceptors (Lipinski definition) is 6. The maximum absolute atomic E-state index is 2.40. The van der Waals surface area contributed by atoms with Crippen LogP contribution in [0, 0.1) is 27.7 Å². The monoisotopic (exact) mass is 1550 g/mol. The number of rotatable bonds is 21. The number of para-hydroxylation sites is 4. The van der Waals surface area contributed by atoms with E-state index >= 15 is 0 Å². The van der Waals surface area contributed by atoms with E-state index in [1.165, 1.54) is 121 Å². The van der Waals surface area contributed by atoms with Crippen molar-refractivity contribution < 1.29 is 0 Å². The molecule has 0 aromatic heterocycles. The summed E-state index contributed by atoms with van der Waals surface area (Å²) in [5.41, 5.74) is 30.4. The predicted octanol–water partition coefficient (Wildman–Crippen LogP) is 32.6. The molecule has 0 spiro atoms. The minimum absolute atomic E-state index is 0.00636. The molecule has 1 saturated carbocycles. The van der Waals surface area contributed by atoms with Crippen molar-refractivity contribution in [1.82, 2.24) is 0 Å². The Bertz CT molecular complexity index is 6090. The van der Waals surface area contributed by atoms with Gasteiger partial charge in [0.15, 0.2) is 0 Å². The highest BCUT2D eigenvalue weighted by Gasteiger charge is 2.36. The molecule has 1 aliphatic carbocycles. The van der Waals surface area contributed by atoms with Crippen molar-refractivity contribution in [2.24, 2.45) is 0 Å². The van der Waals surface area contributed by atoms with Crippen LogP contribution in [-0.4, -0.2) is 0 Å². The van der Waals surface area contributed by atoms with Crippen LogP contribution in [0.4, 0.5) is 102 Å². The molecular weight excluding hydrogens is 1450 g/mol. The van der Waals surface area contributed by atoms with Crippen LogP contribution >= 0.6 is 0 Å². The highest BCUT2D eigenvalue weighted by molar-refractivity contribution is 6.00. The Morgan fingerprint density at radius 1 is 0.175 bits per heavy atom. The molecule has 0 unspecified atom stereocenters. The van der Waals surface area contributed by atoms with E-state index in [9.17, 15) is 0 Å².